The van der Waals surface area contributed by atoms with Gasteiger partial charge in [-0.1, -0.05) is 0 Å². The van der Waals surface area contributed by atoms with Gasteiger partial charge in [0.25, 0.3) is 0 Å². The number of hydrogen-bond acceptors (Lipinski definition) is 3. The summed E-state index contributed by atoms with van der Waals surface area (Å²) in [4.78, 5) is 6.21. The van der Waals surface area contributed by atoms with E-state index in [1.54, 1.807) is 7.05 Å². The zero-order valence-electron chi connectivity index (χ0n) is 8.74. The highest BCUT2D eigenvalue weighted by molar-refractivity contribution is 5.79. The van der Waals surface area contributed by atoms with Crippen molar-refractivity contribution in [1.82, 2.24) is 10.3 Å². The quantitative estimate of drug-likeness (QED) is 0.244. The molecule has 1 heterocycles. The van der Waals surface area contributed by atoms with E-state index in [4.69, 9.17) is 10.9 Å². The molecule has 0 aromatic heterocycles. The number of hydrazine groups is 1. The molecule has 0 amide bonds. The predicted molar refractivity (Wildman–Crippen MR) is 56.7 cm³/mol. The number of nitrogens with two attached hydrogens (primary N) is 1. The van der Waals surface area contributed by atoms with Crippen LogP contribution in [0.15, 0.2) is 4.99 Å². The fourth-order valence-electron chi connectivity index (χ4n) is 1.97. The lowest BCUT2D eigenvalue weighted by Crippen LogP contribution is -2.49. The molecule has 1 fully saturated rings. The number of aliphatic imine (C=N–C) groups is 1. The first-order chi connectivity index (χ1) is 6.81. The number of aliphatic hydroxyl groups excluding tert-OH is 1. The molecule has 1 saturated heterocycles. The van der Waals surface area contributed by atoms with Crippen LogP contribution in [0.25, 0.3) is 0 Å². The maximum atomic E-state index is 8.87. The molecule has 5 heteroatoms. The Morgan fingerprint density at radius 2 is 2.50 bits per heavy atom. The van der Waals surface area contributed by atoms with Gasteiger partial charge in [0.2, 0.25) is 5.96 Å². The summed E-state index contributed by atoms with van der Waals surface area (Å²) in [6.45, 7) is 2.21. The van der Waals surface area contributed by atoms with Crippen LogP contribution in [0.3, 0.4) is 0 Å². The largest absolute Gasteiger partial charge is 0.396 e. The summed E-state index contributed by atoms with van der Waals surface area (Å²) in [5.41, 5.74) is 2.60. The highest BCUT2D eigenvalue weighted by atomic mass is 16.3. The van der Waals surface area contributed by atoms with E-state index < -0.39 is 0 Å². The molecule has 0 aliphatic carbocycles. The number of aliphatic hydroxyl groups is 1. The van der Waals surface area contributed by atoms with Crippen molar-refractivity contribution in [2.75, 3.05) is 26.7 Å². The normalized spacial score (nSPS) is 23.8. The molecule has 0 spiro atoms. The minimum atomic E-state index is 0.271. The molecule has 14 heavy (non-hydrogen) atoms. The van der Waals surface area contributed by atoms with Crippen LogP contribution in [0.5, 0.6) is 0 Å². The number of hydrogen-bond donors (Lipinski definition) is 3. The number of nitrogens with one attached hydrogen (secondary N) is 1. The second-order valence-corrected chi connectivity index (χ2v) is 3.66. The van der Waals surface area contributed by atoms with Gasteiger partial charge in [-0.3, -0.25) is 10.4 Å². The zero-order valence-corrected chi connectivity index (χ0v) is 8.74. The van der Waals surface area contributed by atoms with Crippen molar-refractivity contribution in [2.45, 2.75) is 19.3 Å². The summed E-state index contributed by atoms with van der Waals surface area (Å²) in [5, 5.41) is 8.87. The summed E-state index contributed by atoms with van der Waals surface area (Å²) >= 11 is 0. The van der Waals surface area contributed by atoms with Crippen LogP contribution in [-0.2, 0) is 0 Å². The number of rotatable bonds is 2. The number of piperidine rings is 1. The van der Waals surface area contributed by atoms with Crippen molar-refractivity contribution in [3.05, 3.63) is 0 Å². The Balaban J connectivity index is 2.46. The maximum absolute atomic E-state index is 8.87. The molecule has 1 unspecified atom stereocenters. The van der Waals surface area contributed by atoms with Crippen LogP contribution in [0.4, 0.5) is 0 Å². The van der Waals surface area contributed by atoms with Gasteiger partial charge in [0.15, 0.2) is 0 Å². The van der Waals surface area contributed by atoms with E-state index in [2.05, 4.69) is 15.3 Å². The molecule has 4 N–H and O–H groups in total. The van der Waals surface area contributed by atoms with Crippen LogP contribution in [0, 0.1) is 5.92 Å². The topological polar surface area (TPSA) is 73.9 Å². The van der Waals surface area contributed by atoms with E-state index in [1.807, 2.05) is 0 Å². The average Bonchev–Trinajstić information content (AvgIpc) is 2.21. The maximum Gasteiger partial charge on any atom is 0.208 e. The Kier molecular flexibility index (Phi) is 4.69. The summed E-state index contributed by atoms with van der Waals surface area (Å²) < 4.78 is 0. The summed E-state index contributed by atoms with van der Waals surface area (Å²) in [7, 11) is 1.73. The molecule has 0 bridgehead atoms. The third kappa shape index (κ3) is 2.85. The number of guanidine groups is 1. The third-order valence-corrected chi connectivity index (χ3v) is 2.70. The van der Waals surface area contributed by atoms with Crippen LogP contribution < -0.4 is 11.3 Å². The van der Waals surface area contributed by atoms with Gasteiger partial charge in [0.1, 0.15) is 0 Å². The van der Waals surface area contributed by atoms with Crippen LogP contribution in [0.2, 0.25) is 0 Å². The highest BCUT2D eigenvalue weighted by Gasteiger charge is 2.21. The fraction of sp³-hybridized carbons (Fsp3) is 0.889. The van der Waals surface area contributed by atoms with Gasteiger partial charge < -0.3 is 10.0 Å². The first kappa shape index (κ1) is 11.3. The van der Waals surface area contributed by atoms with Gasteiger partial charge >= 0.3 is 0 Å². The molecule has 0 saturated carbocycles. The summed E-state index contributed by atoms with van der Waals surface area (Å²) in [6.07, 6.45) is 3.21. The first-order valence-electron chi connectivity index (χ1n) is 5.11. The molecule has 82 valence electrons. The first-order valence-corrected chi connectivity index (χ1v) is 5.11. The van der Waals surface area contributed by atoms with Crippen molar-refractivity contribution in [1.29, 1.82) is 0 Å². The van der Waals surface area contributed by atoms with Gasteiger partial charge in [-0.2, -0.15) is 0 Å². The molecule has 1 aliphatic rings. The Morgan fingerprint density at radius 1 is 1.71 bits per heavy atom. The van der Waals surface area contributed by atoms with E-state index in [1.165, 1.54) is 6.42 Å². The minimum absolute atomic E-state index is 0.271. The van der Waals surface area contributed by atoms with Gasteiger partial charge in [-0.15, -0.1) is 0 Å². The average molecular weight is 200 g/mol. The Hall–Kier alpha value is -0.810. The number of likely N-dealkylation sites (tertiary alicyclic amines) is 1. The molecular formula is C9H20N4O. The Morgan fingerprint density at radius 3 is 3.07 bits per heavy atom. The van der Waals surface area contributed by atoms with Gasteiger partial charge in [0.05, 0.1) is 0 Å². The monoisotopic (exact) mass is 200 g/mol. The molecule has 0 aromatic rings. The van der Waals surface area contributed by atoms with Crippen molar-refractivity contribution < 1.29 is 5.11 Å². The van der Waals surface area contributed by atoms with Crippen LogP contribution in [0.1, 0.15) is 19.3 Å². The second-order valence-electron chi connectivity index (χ2n) is 3.66. The third-order valence-electron chi connectivity index (χ3n) is 2.70. The molecule has 1 rings (SSSR count). The van der Waals surface area contributed by atoms with Gasteiger partial charge in [-0.25, -0.2) is 5.84 Å². The molecule has 1 aliphatic heterocycles. The lowest BCUT2D eigenvalue weighted by Gasteiger charge is -2.34. The lowest BCUT2D eigenvalue weighted by molar-refractivity contribution is 0.195. The second kappa shape index (κ2) is 5.82. The van der Waals surface area contributed by atoms with Crippen LogP contribution >= 0.6 is 0 Å². The van der Waals surface area contributed by atoms with Crippen molar-refractivity contribution in [3.8, 4) is 0 Å². The fourth-order valence-corrected chi connectivity index (χ4v) is 1.97. The SMILES string of the molecule is CN=C(NN)N1CCCC(CCO)C1. The standard InChI is InChI=1S/C9H20N4O/c1-11-9(12-10)13-5-2-3-8(7-13)4-6-14/h8,14H,2-7,10H2,1H3,(H,11,12). The Labute approximate surface area is 85.0 Å². The van der Waals surface area contributed by atoms with E-state index in [0.717, 1.165) is 31.9 Å². The van der Waals surface area contributed by atoms with Crippen LogP contribution in [-0.4, -0.2) is 42.7 Å². The molecule has 1 atom stereocenters. The molecule has 5 nitrogen and oxygen atoms in total. The summed E-state index contributed by atoms with van der Waals surface area (Å²) in [5.74, 6) is 6.67. The van der Waals surface area contributed by atoms with E-state index in [0.29, 0.717) is 5.92 Å². The van der Waals surface area contributed by atoms with E-state index in [-0.39, 0.29) is 6.61 Å². The molecule has 0 radical (unpaired) electrons. The van der Waals surface area contributed by atoms with Crippen molar-refractivity contribution >= 4 is 5.96 Å². The van der Waals surface area contributed by atoms with E-state index >= 15 is 0 Å². The molecule has 0 aromatic carbocycles. The smallest absolute Gasteiger partial charge is 0.208 e. The van der Waals surface area contributed by atoms with Crippen molar-refractivity contribution in [2.24, 2.45) is 16.8 Å². The predicted octanol–water partition coefficient (Wildman–Crippen LogP) is -0.470. The highest BCUT2D eigenvalue weighted by Crippen LogP contribution is 2.18. The zero-order chi connectivity index (χ0) is 10.4. The lowest BCUT2D eigenvalue weighted by atomic mass is 9.95. The minimum Gasteiger partial charge on any atom is -0.396 e. The van der Waals surface area contributed by atoms with Gasteiger partial charge in [0, 0.05) is 26.7 Å². The van der Waals surface area contributed by atoms with Crippen molar-refractivity contribution in [3.63, 3.8) is 0 Å². The number of nitrogens with zero attached hydrogens (tertiary/aromatic N) is 2. The van der Waals surface area contributed by atoms with E-state index in [9.17, 15) is 0 Å². The van der Waals surface area contributed by atoms with Gasteiger partial charge in [-0.05, 0) is 25.2 Å². The Bertz CT molecular complexity index is 193. The molecular weight excluding hydrogens is 180 g/mol. The summed E-state index contributed by atoms with van der Waals surface area (Å²) in [6, 6.07) is 0.